The van der Waals surface area contributed by atoms with E-state index in [0.717, 1.165) is 11.4 Å². The second kappa shape index (κ2) is 5.35. The monoisotopic (exact) mass is 202 g/mol. The lowest BCUT2D eigenvalue weighted by atomic mass is 10.2. The maximum absolute atomic E-state index is 4.24. The summed E-state index contributed by atoms with van der Waals surface area (Å²) in [4.78, 5) is 0. The lowest BCUT2D eigenvalue weighted by Gasteiger charge is -2.04. The average molecular weight is 202 g/mol. The van der Waals surface area contributed by atoms with E-state index in [4.69, 9.17) is 0 Å². The minimum atomic E-state index is 1.13. The van der Waals surface area contributed by atoms with Gasteiger partial charge in [0.15, 0.2) is 0 Å². The number of aryl methyl sites for hydroxylation is 2. The van der Waals surface area contributed by atoms with Gasteiger partial charge in [-0.25, -0.2) is 4.68 Å². The van der Waals surface area contributed by atoms with E-state index < -0.39 is 0 Å². The second-order valence-corrected chi connectivity index (χ2v) is 3.22. The van der Waals surface area contributed by atoms with E-state index in [1.807, 2.05) is 36.9 Å². The molecule has 0 amide bonds. The van der Waals surface area contributed by atoms with Gasteiger partial charge in [0.05, 0.1) is 5.69 Å². The Morgan fingerprint density at radius 3 is 2.33 bits per heavy atom. The predicted octanol–water partition coefficient (Wildman–Crippen LogP) is 3.52. The van der Waals surface area contributed by atoms with Gasteiger partial charge in [-0.3, -0.25) is 0 Å². The minimum absolute atomic E-state index is 1.13. The van der Waals surface area contributed by atoms with Crippen molar-refractivity contribution in [2.45, 2.75) is 27.7 Å². The van der Waals surface area contributed by atoms with Crippen molar-refractivity contribution >= 4 is 0 Å². The van der Waals surface area contributed by atoms with Crippen molar-refractivity contribution in [1.29, 1.82) is 0 Å². The van der Waals surface area contributed by atoms with E-state index in [0.29, 0.717) is 0 Å². The summed E-state index contributed by atoms with van der Waals surface area (Å²) in [5.74, 6) is 0. The molecule has 1 aromatic heterocycles. The summed E-state index contributed by atoms with van der Waals surface area (Å²) in [6, 6.07) is 10.3. The van der Waals surface area contributed by atoms with Gasteiger partial charge in [-0.2, -0.15) is 5.10 Å². The third kappa shape index (κ3) is 2.69. The number of nitrogens with zero attached hydrogens (tertiary/aromatic N) is 2. The fourth-order valence-electron chi connectivity index (χ4n) is 1.40. The van der Waals surface area contributed by atoms with Gasteiger partial charge in [0.1, 0.15) is 0 Å². The lowest BCUT2D eigenvalue weighted by molar-refractivity contribution is 0.846. The fraction of sp³-hybridized carbons (Fsp3) is 0.308. The highest BCUT2D eigenvalue weighted by Crippen LogP contribution is 2.10. The van der Waals surface area contributed by atoms with E-state index in [2.05, 4.69) is 37.1 Å². The zero-order valence-electron chi connectivity index (χ0n) is 9.86. The second-order valence-electron chi connectivity index (χ2n) is 3.22. The maximum atomic E-state index is 4.24. The average Bonchev–Trinajstić information content (AvgIpc) is 2.67. The summed E-state index contributed by atoms with van der Waals surface area (Å²) in [6.45, 7) is 8.14. The van der Waals surface area contributed by atoms with Crippen molar-refractivity contribution in [2.24, 2.45) is 0 Å². The smallest absolute Gasteiger partial charge is 0.0651 e. The first-order valence-electron chi connectivity index (χ1n) is 5.35. The summed E-state index contributed by atoms with van der Waals surface area (Å²) in [6.07, 6.45) is 1.82. The van der Waals surface area contributed by atoms with E-state index in [1.165, 1.54) is 5.56 Å². The molecule has 0 aliphatic heterocycles. The van der Waals surface area contributed by atoms with Crippen molar-refractivity contribution in [1.82, 2.24) is 9.78 Å². The predicted molar refractivity (Wildman–Crippen MR) is 64.4 cm³/mol. The number of benzene rings is 1. The SMILES string of the molecule is CC.Cc1cccc(-n2nccc2C)c1. The first-order chi connectivity index (χ1) is 7.27. The molecule has 80 valence electrons. The Morgan fingerprint density at radius 1 is 1.07 bits per heavy atom. The zero-order valence-corrected chi connectivity index (χ0v) is 9.86. The fourth-order valence-corrected chi connectivity index (χ4v) is 1.40. The summed E-state index contributed by atoms with van der Waals surface area (Å²) in [7, 11) is 0. The van der Waals surface area contributed by atoms with Crippen LogP contribution in [0.5, 0.6) is 0 Å². The molecule has 1 heterocycles. The molecular weight excluding hydrogens is 184 g/mol. The van der Waals surface area contributed by atoms with Crippen LogP contribution in [-0.2, 0) is 0 Å². The van der Waals surface area contributed by atoms with Crippen LogP contribution in [0.1, 0.15) is 25.1 Å². The molecule has 2 rings (SSSR count). The maximum Gasteiger partial charge on any atom is 0.0651 e. The highest BCUT2D eigenvalue weighted by Gasteiger charge is 1.99. The first kappa shape index (κ1) is 11.5. The Bertz CT molecular complexity index is 416. The molecule has 2 aromatic rings. The largest absolute Gasteiger partial charge is 0.238 e. The molecule has 0 radical (unpaired) electrons. The molecule has 15 heavy (non-hydrogen) atoms. The van der Waals surface area contributed by atoms with E-state index in [-0.39, 0.29) is 0 Å². The lowest BCUT2D eigenvalue weighted by Crippen LogP contribution is -1.98. The first-order valence-corrected chi connectivity index (χ1v) is 5.35. The van der Waals surface area contributed by atoms with Crippen LogP contribution in [0.3, 0.4) is 0 Å². The van der Waals surface area contributed by atoms with Gasteiger partial charge in [-0.1, -0.05) is 26.0 Å². The van der Waals surface area contributed by atoms with E-state index in [9.17, 15) is 0 Å². The van der Waals surface area contributed by atoms with Crippen LogP contribution < -0.4 is 0 Å². The number of hydrogen-bond donors (Lipinski definition) is 0. The molecular formula is C13H18N2. The molecule has 0 aliphatic carbocycles. The van der Waals surface area contributed by atoms with Crippen molar-refractivity contribution in [2.75, 3.05) is 0 Å². The number of aromatic nitrogens is 2. The number of rotatable bonds is 1. The highest BCUT2D eigenvalue weighted by atomic mass is 15.3. The molecule has 0 spiro atoms. The zero-order chi connectivity index (χ0) is 11.3. The van der Waals surface area contributed by atoms with Gasteiger partial charge < -0.3 is 0 Å². The molecule has 2 heteroatoms. The van der Waals surface area contributed by atoms with Crippen molar-refractivity contribution in [3.63, 3.8) is 0 Å². The third-order valence-electron chi connectivity index (χ3n) is 2.08. The van der Waals surface area contributed by atoms with Gasteiger partial charge in [0.2, 0.25) is 0 Å². The minimum Gasteiger partial charge on any atom is -0.238 e. The van der Waals surface area contributed by atoms with Gasteiger partial charge in [0.25, 0.3) is 0 Å². The molecule has 0 unspecified atom stereocenters. The summed E-state index contributed by atoms with van der Waals surface area (Å²) in [5, 5.41) is 4.24. The summed E-state index contributed by atoms with van der Waals surface area (Å²) >= 11 is 0. The molecule has 0 N–H and O–H groups in total. The molecule has 0 bridgehead atoms. The Labute approximate surface area is 91.6 Å². The van der Waals surface area contributed by atoms with Crippen LogP contribution >= 0.6 is 0 Å². The third-order valence-corrected chi connectivity index (χ3v) is 2.08. The molecule has 1 aromatic carbocycles. The van der Waals surface area contributed by atoms with E-state index in [1.54, 1.807) is 0 Å². The Morgan fingerprint density at radius 2 is 1.80 bits per heavy atom. The van der Waals surface area contributed by atoms with Gasteiger partial charge in [-0.15, -0.1) is 0 Å². The van der Waals surface area contributed by atoms with Crippen LogP contribution in [0.4, 0.5) is 0 Å². The molecule has 2 nitrogen and oxygen atoms in total. The molecule has 0 atom stereocenters. The highest BCUT2D eigenvalue weighted by molar-refractivity contribution is 5.35. The molecule has 0 aliphatic rings. The van der Waals surface area contributed by atoms with E-state index >= 15 is 0 Å². The van der Waals surface area contributed by atoms with Gasteiger partial charge in [-0.05, 0) is 37.6 Å². The Balaban J connectivity index is 0.000000531. The Hall–Kier alpha value is -1.57. The van der Waals surface area contributed by atoms with Crippen LogP contribution in [-0.4, -0.2) is 9.78 Å². The van der Waals surface area contributed by atoms with Crippen LogP contribution in [0.25, 0.3) is 5.69 Å². The van der Waals surface area contributed by atoms with Gasteiger partial charge in [0, 0.05) is 11.9 Å². The van der Waals surface area contributed by atoms with Crippen molar-refractivity contribution < 1.29 is 0 Å². The normalized spacial score (nSPS) is 9.33. The summed E-state index contributed by atoms with van der Waals surface area (Å²) in [5.41, 5.74) is 3.54. The number of hydrogen-bond acceptors (Lipinski definition) is 1. The quantitative estimate of drug-likeness (QED) is 0.692. The van der Waals surface area contributed by atoms with Crippen molar-refractivity contribution in [3.8, 4) is 5.69 Å². The summed E-state index contributed by atoms with van der Waals surface area (Å²) < 4.78 is 1.94. The topological polar surface area (TPSA) is 17.8 Å². The molecule has 0 saturated carbocycles. The Kier molecular flexibility index (Phi) is 4.10. The molecule has 0 fully saturated rings. The van der Waals surface area contributed by atoms with Crippen LogP contribution in [0, 0.1) is 13.8 Å². The van der Waals surface area contributed by atoms with Crippen LogP contribution in [0.2, 0.25) is 0 Å². The van der Waals surface area contributed by atoms with Crippen molar-refractivity contribution in [3.05, 3.63) is 47.8 Å². The van der Waals surface area contributed by atoms with Crippen LogP contribution in [0.15, 0.2) is 36.5 Å². The standard InChI is InChI=1S/C11H12N2.C2H6/c1-9-4-3-5-11(8-9)13-10(2)6-7-12-13;1-2/h3-8H,1-2H3;1-2H3. The molecule has 0 saturated heterocycles. The van der Waals surface area contributed by atoms with Gasteiger partial charge >= 0.3 is 0 Å².